The molecule has 35 heavy (non-hydrogen) atoms. The fourth-order valence-electron chi connectivity index (χ4n) is 5.69. The zero-order valence-corrected chi connectivity index (χ0v) is 19.8. The Labute approximate surface area is 206 Å². The number of imide groups is 1. The molecule has 3 aliphatic rings. The lowest BCUT2D eigenvalue weighted by atomic mass is 9.81. The maximum atomic E-state index is 14.3. The molecule has 0 spiro atoms. The number of nitrogens with zero attached hydrogens (tertiary/aromatic N) is 3. The molecule has 0 aliphatic carbocycles. The lowest BCUT2D eigenvalue weighted by Crippen LogP contribution is -2.53. The molecule has 3 amide bonds. The molecule has 1 fully saturated rings. The van der Waals surface area contributed by atoms with Crippen molar-refractivity contribution < 1.29 is 19.1 Å². The Bertz CT molecular complexity index is 1410. The van der Waals surface area contributed by atoms with E-state index in [1.165, 1.54) is 11.0 Å². The fourth-order valence-corrected chi connectivity index (χ4v) is 5.86. The van der Waals surface area contributed by atoms with Gasteiger partial charge in [-0.15, -0.1) is 0 Å². The number of phenolic OH excluding ortho intramolecular Hbond substituents is 1. The molecule has 0 radical (unpaired) electrons. The van der Waals surface area contributed by atoms with Crippen LogP contribution in [0.15, 0.2) is 48.6 Å². The summed E-state index contributed by atoms with van der Waals surface area (Å²) in [6, 6.07) is 8.54. The van der Waals surface area contributed by atoms with Gasteiger partial charge in [-0.3, -0.25) is 19.5 Å². The molecule has 4 heterocycles. The standard InChI is InChI=1S/C26H24ClFN4O3/c1-26-14-18-17-12-19(27)20(28)13-21(17)29-22(18)23(15-5-4-6-16(33)11-15)32(26)25(35)31(24(26)34)10-9-30-7-2-3-8-30/h2-6,11-13,23,29,33H,7-10,14H2,1H3/t23-,26+/m1/s1. The Balaban J connectivity index is 1.49. The maximum Gasteiger partial charge on any atom is 0.328 e. The first-order valence-corrected chi connectivity index (χ1v) is 12.0. The van der Waals surface area contributed by atoms with Gasteiger partial charge >= 0.3 is 6.03 Å². The van der Waals surface area contributed by atoms with Crippen molar-refractivity contribution in [3.05, 3.63) is 76.2 Å². The van der Waals surface area contributed by atoms with Crippen molar-refractivity contribution in [1.82, 2.24) is 19.7 Å². The first-order chi connectivity index (χ1) is 16.8. The lowest BCUT2D eigenvalue weighted by molar-refractivity contribution is -0.133. The van der Waals surface area contributed by atoms with Crippen molar-refractivity contribution in [3.8, 4) is 5.75 Å². The number of aromatic amines is 1. The minimum Gasteiger partial charge on any atom is -0.508 e. The molecule has 0 bridgehead atoms. The van der Waals surface area contributed by atoms with Gasteiger partial charge in [0.2, 0.25) is 0 Å². The van der Waals surface area contributed by atoms with Crippen LogP contribution in [-0.4, -0.2) is 68.4 Å². The van der Waals surface area contributed by atoms with Crippen LogP contribution in [0, 0.1) is 5.82 Å². The molecule has 7 nitrogen and oxygen atoms in total. The normalized spacial score (nSPS) is 24.0. The van der Waals surface area contributed by atoms with Crippen molar-refractivity contribution in [2.24, 2.45) is 0 Å². The van der Waals surface area contributed by atoms with Crippen LogP contribution in [0.2, 0.25) is 5.02 Å². The number of fused-ring (bicyclic) bond motifs is 4. The van der Waals surface area contributed by atoms with Gasteiger partial charge in [0.15, 0.2) is 0 Å². The van der Waals surface area contributed by atoms with Crippen LogP contribution in [0.5, 0.6) is 5.75 Å². The molecule has 1 aromatic heterocycles. The third-order valence-corrected chi connectivity index (χ3v) is 7.72. The predicted octanol–water partition coefficient (Wildman–Crippen LogP) is 4.21. The average molecular weight is 495 g/mol. The third-order valence-electron chi connectivity index (χ3n) is 7.43. The zero-order chi connectivity index (χ0) is 24.5. The van der Waals surface area contributed by atoms with Crippen molar-refractivity contribution in [1.29, 1.82) is 0 Å². The summed E-state index contributed by atoms with van der Waals surface area (Å²) >= 11 is 6.11. The molecule has 0 unspecified atom stereocenters. The molecule has 2 atom stereocenters. The van der Waals surface area contributed by atoms with Crippen LogP contribution in [-0.2, 0) is 11.2 Å². The van der Waals surface area contributed by atoms with Crippen molar-refractivity contribution in [2.45, 2.75) is 24.9 Å². The lowest BCUT2D eigenvalue weighted by Gasteiger charge is -2.42. The molecule has 3 aromatic rings. The fraction of sp³-hybridized carbons (Fsp3) is 0.308. The molecule has 1 saturated heterocycles. The van der Waals surface area contributed by atoms with Gasteiger partial charge in [-0.2, -0.15) is 0 Å². The highest BCUT2D eigenvalue weighted by Crippen LogP contribution is 2.49. The van der Waals surface area contributed by atoms with Crippen LogP contribution in [0.4, 0.5) is 9.18 Å². The van der Waals surface area contributed by atoms with E-state index in [0.717, 1.165) is 24.0 Å². The van der Waals surface area contributed by atoms with E-state index in [0.29, 0.717) is 29.9 Å². The van der Waals surface area contributed by atoms with Gasteiger partial charge < -0.3 is 10.1 Å². The summed E-state index contributed by atoms with van der Waals surface area (Å²) < 4.78 is 14.3. The number of urea groups is 1. The van der Waals surface area contributed by atoms with Crippen molar-refractivity contribution in [3.63, 3.8) is 0 Å². The number of hydrogen-bond acceptors (Lipinski definition) is 4. The van der Waals surface area contributed by atoms with E-state index in [1.807, 2.05) is 6.07 Å². The van der Waals surface area contributed by atoms with Crippen LogP contribution in [0.25, 0.3) is 10.9 Å². The summed E-state index contributed by atoms with van der Waals surface area (Å²) in [6.07, 6.45) is 4.41. The van der Waals surface area contributed by atoms with E-state index in [1.54, 1.807) is 36.1 Å². The largest absolute Gasteiger partial charge is 0.508 e. The Hall–Kier alpha value is -3.36. The number of benzene rings is 2. The van der Waals surface area contributed by atoms with E-state index < -0.39 is 17.4 Å². The van der Waals surface area contributed by atoms with Crippen LogP contribution >= 0.6 is 11.6 Å². The highest BCUT2D eigenvalue weighted by molar-refractivity contribution is 6.31. The van der Waals surface area contributed by atoms with Gasteiger partial charge in [0.25, 0.3) is 5.91 Å². The molecule has 180 valence electrons. The Morgan fingerprint density at radius 1 is 1.17 bits per heavy atom. The summed E-state index contributed by atoms with van der Waals surface area (Å²) in [4.78, 5) is 36.0. The minimum atomic E-state index is -1.14. The molecule has 2 aromatic carbocycles. The Morgan fingerprint density at radius 3 is 2.69 bits per heavy atom. The van der Waals surface area contributed by atoms with E-state index in [-0.39, 0.29) is 29.1 Å². The van der Waals surface area contributed by atoms with Gasteiger partial charge in [-0.05, 0) is 42.3 Å². The van der Waals surface area contributed by atoms with E-state index in [4.69, 9.17) is 11.6 Å². The number of carbonyl (C=O) groups is 2. The summed E-state index contributed by atoms with van der Waals surface area (Å²) in [5.41, 5.74) is 1.57. The number of phenols is 1. The molecule has 0 saturated carbocycles. The molecule has 3 aliphatic heterocycles. The highest BCUT2D eigenvalue weighted by atomic mass is 35.5. The molecule has 6 rings (SSSR count). The number of amides is 3. The summed E-state index contributed by atoms with van der Waals surface area (Å²) in [5.74, 6) is -0.751. The quantitative estimate of drug-likeness (QED) is 0.421. The Kier molecular flexibility index (Phi) is 4.95. The van der Waals surface area contributed by atoms with E-state index >= 15 is 0 Å². The SMILES string of the molecule is C[C@@]12Cc3c([nH]c4cc(F)c(Cl)cc34)[C@@H](c3cccc(O)c3)N1C(=O)N(CCN1CC=CC1)C2=O. The number of hydrogen-bond donors (Lipinski definition) is 2. The van der Waals surface area contributed by atoms with Crippen LogP contribution in [0.1, 0.15) is 29.8 Å². The van der Waals surface area contributed by atoms with Crippen LogP contribution < -0.4 is 0 Å². The molecular formula is C26H24ClFN4O3. The molecule has 2 N–H and O–H groups in total. The van der Waals surface area contributed by atoms with Crippen LogP contribution in [0.3, 0.4) is 0 Å². The number of H-pyrrole nitrogens is 1. The maximum absolute atomic E-state index is 14.3. The summed E-state index contributed by atoms with van der Waals surface area (Å²) in [7, 11) is 0. The summed E-state index contributed by atoms with van der Waals surface area (Å²) in [6.45, 7) is 4.28. The summed E-state index contributed by atoms with van der Waals surface area (Å²) in [5, 5.41) is 10.9. The Morgan fingerprint density at radius 2 is 1.94 bits per heavy atom. The minimum absolute atomic E-state index is 0.00420. The number of rotatable bonds is 4. The highest BCUT2D eigenvalue weighted by Gasteiger charge is 2.60. The number of aromatic hydroxyl groups is 1. The molecule has 9 heteroatoms. The smallest absolute Gasteiger partial charge is 0.328 e. The monoisotopic (exact) mass is 494 g/mol. The number of halogens is 2. The van der Waals surface area contributed by atoms with Gasteiger partial charge in [0.05, 0.1) is 5.02 Å². The van der Waals surface area contributed by atoms with E-state index in [9.17, 15) is 19.1 Å². The van der Waals surface area contributed by atoms with Gasteiger partial charge in [0, 0.05) is 49.2 Å². The second-order valence-electron chi connectivity index (χ2n) is 9.62. The van der Waals surface area contributed by atoms with Crippen molar-refractivity contribution >= 4 is 34.4 Å². The van der Waals surface area contributed by atoms with Gasteiger partial charge in [-0.25, -0.2) is 9.18 Å². The first-order valence-electron chi connectivity index (χ1n) is 11.6. The number of aromatic nitrogens is 1. The topological polar surface area (TPSA) is 79.9 Å². The van der Waals surface area contributed by atoms with Gasteiger partial charge in [-0.1, -0.05) is 35.9 Å². The number of nitrogens with one attached hydrogen (secondary N) is 1. The average Bonchev–Trinajstić information content (AvgIpc) is 3.50. The number of carbonyl (C=O) groups excluding carboxylic acids is 2. The van der Waals surface area contributed by atoms with E-state index in [2.05, 4.69) is 22.0 Å². The second-order valence-corrected chi connectivity index (χ2v) is 10.0. The first kappa shape index (κ1) is 22.1. The second kappa shape index (κ2) is 7.83. The zero-order valence-electron chi connectivity index (χ0n) is 19.1. The third kappa shape index (κ3) is 3.27. The molecular weight excluding hydrogens is 471 g/mol. The van der Waals surface area contributed by atoms with Crippen molar-refractivity contribution in [2.75, 3.05) is 26.2 Å². The predicted molar refractivity (Wildman–Crippen MR) is 130 cm³/mol. The van der Waals surface area contributed by atoms with Gasteiger partial charge in [0.1, 0.15) is 23.1 Å².